The molecule has 0 radical (unpaired) electrons. The predicted octanol–water partition coefficient (Wildman–Crippen LogP) is 9.06. The molecule has 1 saturated carbocycles. The number of unbranched alkanes of at least 4 members (excludes halogenated alkanes) is 1. The first-order valence-electron chi connectivity index (χ1n) is 14.3. The molecular weight excluding hydrogens is 508 g/mol. The van der Waals surface area contributed by atoms with Gasteiger partial charge in [-0.05, 0) is 86.6 Å². The molecule has 0 aromatic heterocycles. The van der Waals surface area contributed by atoms with E-state index in [9.17, 15) is 13.2 Å². The van der Waals surface area contributed by atoms with Crippen LogP contribution in [0.25, 0.3) is 6.08 Å². The normalized spacial score (nSPS) is 24.3. The van der Waals surface area contributed by atoms with Gasteiger partial charge in [0.05, 0.1) is 31.0 Å². The van der Waals surface area contributed by atoms with Gasteiger partial charge in [-0.15, -0.1) is 0 Å². The molecule has 2 unspecified atom stereocenters. The summed E-state index contributed by atoms with van der Waals surface area (Å²) in [6.07, 6.45) is 4.38. The van der Waals surface area contributed by atoms with Crippen molar-refractivity contribution in [3.8, 4) is 5.75 Å². The van der Waals surface area contributed by atoms with Gasteiger partial charge in [0.2, 0.25) is 0 Å². The van der Waals surface area contributed by atoms with Crippen LogP contribution in [0.3, 0.4) is 0 Å². The van der Waals surface area contributed by atoms with Crippen LogP contribution in [0.2, 0.25) is 0 Å². The molecule has 0 bridgehead atoms. The molecule has 1 heterocycles. The van der Waals surface area contributed by atoms with Gasteiger partial charge in [0, 0.05) is 12.5 Å². The van der Waals surface area contributed by atoms with Gasteiger partial charge in [-0.3, -0.25) is 0 Å². The third kappa shape index (κ3) is 7.85. The number of ether oxygens (including phenoxy) is 3. The van der Waals surface area contributed by atoms with Crippen molar-refractivity contribution in [1.82, 2.24) is 0 Å². The van der Waals surface area contributed by atoms with E-state index in [-0.39, 0.29) is 35.2 Å². The van der Waals surface area contributed by atoms with E-state index in [4.69, 9.17) is 14.2 Å². The Hall–Kier alpha value is -2.38. The van der Waals surface area contributed by atoms with E-state index in [2.05, 4.69) is 19.1 Å². The molecule has 0 N–H and O–H groups in total. The number of benzene rings is 2. The van der Waals surface area contributed by atoms with E-state index in [1.54, 1.807) is 6.08 Å². The number of hydrogen-bond donors (Lipinski definition) is 0. The molecule has 2 aromatic carbocycles. The Bertz CT molecular complexity index is 1060. The van der Waals surface area contributed by atoms with Crippen LogP contribution in [0.15, 0.2) is 42.5 Å². The molecule has 214 valence electrons. The summed E-state index contributed by atoms with van der Waals surface area (Å²) < 4.78 is 74.7. The number of alkyl halides is 3. The van der Waals surface area contributed by atoms with Gasteiger partial charge in [0.1, 0.15) is 11.6 Å². The van der Waals surface area contributed by atoms with Crippen molar-refractivity contribution in [2.45, 2.75) is 95.4 Å². The second kappa shape index (κ2) is 13.8. The highest BCUT2D eigenvalue weighted by Gasteiger charge is 2.39. The number of hydrogen-bond acceptors (Lipinski definition) is 3. The van der Waals surface area contributed by atoms with Gasteiger partial charge >= 0.3 is 6.18 Å². The topological polar surface area (TPSA) is 27.7 Å². The second-order valence-electron chi connectivity index (χ2n) is 10.6. The monoisotopic (exact) mass is 548 g/mol. The van der Waals surface area contributed by atoms with Gasteiger partial charge in [-0.25, -0.2) is 4.39 Å². The van der Waals surface area contributed by atoms with Gasteiger partial charge < -0.3 is 14.2 Å². The quantitative estimate of drug-likeness (QED) is 0.219. The molecule has 1 saturated heterocycles. The molecule has 0 spiro atoms. The average molecular weight is 549 g/mol. The summed E-state index contributed by atoms with van der Waals surface area (Å²) in [7, 11) is 0. The summed E-state index contributed by atoms with van der Waals surface area (Å²) in [6, 6.07) is 11.0. The Morgan fingerprint density at radius 2 is 1.64 bits per heavy atom. The zero-order valence-electron chi connectivity index (χ0n) is 22.9. The molecule has 1 aliphatic heterocycles. The van der Waals surface area contributed by atoms with Crippen LogP contribution in [-0.4, -0.2) is 32.0 Å². The third-order valence-corrected chi connectivity index (χ3v) is 7.92. The first-order chi connectivity index (χ1) is 18.8. The van der Waals surface area contributed by atoms with Crippen molar-refractivity contribution in [3.63, 3.8) is 0 Å². The zero-order valence-corrected chi connectivity index (χ0v) is 22.9. The molecule has 39 heavy (non-hydrogen) atoms. The fourth-order valence-electron chi connectivity index (χ4n) is 5.69. The maximum atomic E-state index is 15.4. The van der Waals surface area contributed by atoms with Gasteiger partial charge in [-0.1, -0.05) is 49.8 Å². The largest absolute Gasteiger partial charge is 0.494 e. The van der Waals surface area contributed by atoms with Crippen LogP contribution in [-0.2, 0) is 15.7 Å². The molecule has 2 atom stereocenters. The Morgan fingerprint density at radius 1 is 0.923 bits per heavy atom. The summed E-state index contributed by atoms with van der Waals surface area (Å²) in [4.78, 5) is 0. The highest BCUT2D eigenvalue weighted by Crippen LogP contribution is 2.41. The van der Waals surface area contributed by atoms with Crippen LogP contribution in [0.1, 0.15) is 99.3 Å². The average Bonchev–Trinajstić information content (AvgIpc) is 2.93. The lowest BCUT2D eigenvalue weighted by atomic mass is 9.81. The predicted molar refractivity (Wildman–Crippen MR) is 146 cm³/mol. The highest BCUT2D eigenvalue weighted by atomic mass is 19.4. The van der Waals surface area contributed by atoms with Crippen molar-refractivity contribution in [2.75, 3.05) is 19.8 Å². The molecule has 2 aliphatic rings. The number of rotatable bonds is 10. The lowest BCUT2D eigenvalue weighted by molar-refractivity contribution is -0.140. The smallest absolute Gasteiger partial charge is 0.419 e. The first-order valence-corrected chi connectivity index (χ1v) is 14.3. The minimum atomic E-state index is -4.78. The van der Waals surface area contributed by atoms with E-state index in [1.807, 2.05) is 19.1 Å². The molecular formula is C32H40F4O3. The summed E-state index contributed by atoms with van der Waals surface area (Å²) >= 11 is 0. The fourth-order valence-corrected chi connectivity index (χ4v) is 5.69. The summed E-state index contributed by atoms with van der Waals surface area (Å²) in [5, 5.41) is 0. The van der Waals surface area contributed by atoms with Crippen LogP contribution in [0, 0.1) is 5.82 Å². The van der Waals surface area contributed by atoms with Crippen molar-refractivity contribution in [3.05, 3.63) is 70.5 Å². The SMILES string of the molecule is CCCCOc1ccc(C2CCC(/C=C/c3ccc(C4CCC(OCC)CC4)c(F)c3C(F)(F)F)OC2)cc1. The van der Waals surface area contributed by atoms with Gasteiger partial charge in [0.25, 0.3) is 0 Å². The van der Waals surface area contributed by atoms with Crippen molar-refractivity contribution in [2.24, 2.45) is 0 Å². The summed E-state index contributed by atoms with van der Waals surface area (Å²) in [5.74, 6) is -0.297. The van der Waals surface area contributed by atoms with E-state index in [0.717, 1.165) is 43.4 Å². The van der Waals surface area contributed by atoms with Gasteiger partial charge in [0.15, 0.2) is 0 Å². The third-order valence-electron chi connectivity index (χ3n) is 7.92. The van der Waals surface area contributed by atoms with E-state index < -0.39 is 17.6 Å². The molecule has 3 nitrogen and oxygen atoms in total. The standard InChI is InChI=1S/C32H40F4O3/c1-3-5-20-38-27-13-6-22(7-14-27)25-11-18-28(39-21-25)17-10-24-12-19-29(31(33)30(24)32(34,35)36)23-8-15-26(16-9-23)37-4-2/h6-7,10,12-14,17,19,23,25-26,28H,3-5,8-9,11,15-16,18,20-21H2,1-2H3/b17-10+. The summed E-state index contributed by atoms with van der Waals surface area (Å²) in [5.41, 5.74) is -0.0187. The molecule has 1 aliphatic carbocycles. The summed E-state index contributed by atoms with van der Waals surface area (Å²) in [6.45, 7) is 5.84. The number of halogens is 4. The zero-order chi connectivity index (χ0) is 27.8. The van der Waals surface area contributed by atoms with E-state index in [1.165, 1.54) is 18.2 Å². The Balaban J connectivity index is 1.38. The molecule has 7 heteroatoms. The second-order valence-corrected chi connectivity index (χ2v) is 10.6. The van der Waals surface area contributed by atoms with Crippen LogP contribution >= 0.6 is 0 Å². The van der Waals surface area contributed by atoms with Gasteiger partial charge in [-0.2, -0.15) is 13.2 Å². The molecule has 2 aromatic rings. The van der Waals surface area contributed by atoms with Crippen LogP contribution in [0.4, 0.5) is 17.6 Å². The highest BCUT2D eigenvalue weighted by molar-refractivity contribution is 5.57. The minimum absolute atomic E-state index is 0.109. The lowest BCUT2D eigenvalue weighted by Crippen LogP contribution is -2.23. The van der Waals surface area contributed by atoms with E-state index in [0.29, 0.717) is 39.1 Å². The molecule has 2 fully saturated rings. The van der Waals surface area contributed by atoms with Crippen molar-refractivity contribution >= 4 is 6.08 Å². The lowest BCUT2D eigenvalue weighted by Gasteiger charge is -2.29. The molecule has 0 amide bonds. The Morgan fingerprint density at radius 3 is 2.26 bits per heavy atom. The van der Waals surface area contributed by atoms with Crippen LogP contribution < -0.4 is 4.74 Å². The fraction of sp³-hybridized carbons (Fsp3) is 0.562. The van der Waals surface area contributed by atoms with E-state index >= 15 is 4.39 Å². The van der Waals surface area contributed by atoms with Crippen LogP contribution in [0.5, 0.6) is 5.75 Å². The Kier molecular flexibility index (Phi) is 10.5. The Labute approximate surface area is 229 Å². The first kappa shape index (κ1) is 29.6. The minimum Gasteiger partial charge on any atom is -0.494 e. The molecule has 4 rings (SSSR count). The van der Waals surface area contributed by atoms with Crippen molar-refractivity contribution < 1.29 is 31.8 Å². The van der Waals surface area contributed by atoms with Crippen molar-refractivity contribution in [1.29, 1.82) is 0 Å². The maximum absolute atomic E-state index is 15.4. The maximum Gasteiger partial charge on any atom is 0.419 e.